The quantitative estimate of drug-likeness (QED) is 0.431. The molecule has 0 spiro atoms. The Balaban J connectivity index is 1.73. The fourth-order valence-electron chi connectivity index (χ4n) is 2.85. The monoisotopic (exact) mass is 388 g/mol. The molecule has 0 aliphatic heterocycles. The third kappa shape index (κ3) is 6.08. The second-order valence-electron chi connectivity index (χ2n) is 6.20. The molecule has 0 amide bonds. The second kappa shape index (κ2) is 11.1. The molecule has 0 saturated heterocycles. The van der Waals surface area contributed by atoms with E-state index in [9.17, 15) is 4.79 Å². The summed E-state index contributed by atoms with van der Waals surface area (Å²) in [6, 6.07) is 11.4. The average molecular weight is 388 g/mol. The van der Waals surface area contributed by atoms with E-state index in [-0.39, 0.29) is 5.97 Å². The first kappa shape index (κ1) is 21.4. The SMILES string of the molecule is COc1ccc(CCCOC(=O)CCc2ccc(OC)c(OC)c2)cc1OC. The van der Waals surface area contributed by atoms with E-state index < -0.39 is 0 Å². The van der Waals surface area contributed by atoms with Gasteiger partial charge in [0.25, 0.3) is 0 Å². The Morgan fingerprint density at radius 1 is 0.714 bits per heavy atom. The number of rotatable bonds is 11. The molecule has 6 nitrogen and oxygen atoms in total. The molecule has 28 heavy (non-hydrogen) atoms. The molecule has 0 N–H and O–H groups in total. The van der Waals surface area contributed by atoms with Gasteiger partial charge in [-0.05, 0) is 54.7 Å². The minimum Gasteiger partial charge on any atom is -0.493 e. The second-order valence-corrected chi connectivity index (χ2v) is 6.20. The molecule has 152 valence electrons. The van der Waals surface area contributed by atoms with Crippen LogP contribution < -0.4 is 18.9 Å². The van der Waals surface area contributed by atoms with Gasteiger partial charge >= 0.3 is 5.97 Å². The van der Waals surface area contributed by atoms with E-state index in [4.69, 9.17) is 23.7 Å². The number of methoxy groups -OCH3 is 4. The number of aryl methyl sites for hydroxylation is 2. The highest BCUT2D eigenvalue weighted by Crippen LogP contribution is 2.29. The number of carbonyl (C=O) groups is 1. The van der Waals surface area contributed by atoms with Gasteiger partial charge < -0.3 is 23.7 Å². The van der Waals surface area contributed by atoms with Gasteiger partial charge in [0.05, 0.1) is 35.0 Å². The summed E-state index contributed by atoms with van der Waals surface area (Å²) in [4.78, 5) is 12.0. The van der Waals surface area contributed by atoms with Crippen LogP contribution in [0.2, 0.25) is 0 Å². The van der Waals surface area contributed by atoms with Gasteiger partial charge in [0, 0.05) is 6.42 Å². The number of esters is 1. The van der Waals surface area contributed by atoms with Crippen LogP contribution in [0.15, 0.2) is 36.4 Å². The van der Waals surface area contributed by atoms with Crippen LogP contribution in [0.25, 0.3) is 0 Å². The van der Waals surface area contributed by atoms with Crippen LogP contribution in [0.4, 0.5) is 0 Å². The van der Waals surface area contributed by atoms with E-state index >= 15 is 0 Å². The third-order valence-corrected chi connectivity index (χ3v) is 4.39. The Labute approximate surface area is 166 Å². The largest absolute Gasteiger partial charge is 0.493 e. The predicted molar refractivity (Wildman–Crippen MR) is 107 cm³/mol. The first-order chi connectivity index (χ1) is 13.6. The highest BCUT2D eigenvalue weighted by Gasteiger charge is 2.08. The van der Waals surface area contributed by atoms with Gasteiger partial charge in [-0.1, -0.05) is 12.1 Å². The van der Waals surface area contributed by atoms with E-state index in [1.54, 1.807) is 28.4 Å². The van der Waals surface area contributed by atoms with E-state index in [2.05, 4.69) is 0 Å². The van der Waals surface area contributed by atoms with E-state index in [1.807, 2.05) is 36.4 Å². The first-order valence-electron chi connectivity index (χ1n) is 9.18. The van der Waals surface area contributed by atoms with Crippen molar-refractivity contribution < 1.29 is 28.5 Å². The lowest BCUT2D eigenvalue weighted by Gasteiger charge is -2.10. The lowest BCUT2D eigenvalue weighted by molar-refractivity contribution is -0.143. The van der Waals surface area contributed by atoms with Crippen molar-refractivity contribution in [1.82, 2.24) is 0 Å². The molecule has 0 bridgehead atoms. The molecule has 6 heteroatoms. The third-order valence-electron chi connectivity index (χ3n) is 4.39. The van der Waals surface area contributed by atoms with E-state index in [0.717, 1.165) is 24.0 Å². The average Bonchev–Trinajstić information content (AvgIpc) is 2.74. The summed E-state index contributed by atoms with van der Waals surface area (Å²) < 4.78 is 26.4. The van der Waals surface area contributed by atoms with Crippen LogP contribution in [0.5, 0.6) is 23.0 Å². The van der Waals surface area contributed by atoms with Crippen molar-refractivity contribution in [2.24, 2.45) is 0 Å². The van der Waals surface area contributed by atoms with Gasteiger partial charge in [0.2, 0.25) is 0 Å². The maximum Gasteiger partial charge on any atom is 0.306 e. The Kier molecular flexibility index (Phi) is 8.46. The van der Waals surface area contributed by atoms with Crippen LogP contribution in [-0.4, -0.2) is 41.0 Å². The van der Waals surface area contributed by atoms with Crippen LogP contribution in [0.3, 0.4) is 0 Å². The highest BCUT2D eigenvalue weighted by molar-refractivity contribution is 5.69. The number of carbonyl (C=O) groups excluding carboxylic acids is 1. The number of benzene rings is 2. The van der Waals surface area contributed by atoms with Crippen LogP contribution >= 0.6 is 0 Å². The number of hydrogen-bond donors (Lipinski definition) is 0. The van der Waals surface area contributed by atoms with Gasteiger partial charge in [-0.3, -0.25) is 4.79 Å². The molecule has 0 aromatic heterocycles. The van der Waals surface area contributed by atoms with Crippen molar-refractivity contribution in [3.05, 3.63) is 47.5 Å². The molecule has 0 aliphatic carbocycles. The smallest absolute Gasteiger partial charge is 0.306 e. The van der Waals surface area contributed by atoms with Crippen LogP contribution in [0, 0.1) is 0 Å². The van der Waals surface area contributed by atoms with Crippen LogP contribution in [0.1, 0.15) is 24.0 Å². The number of ether oxygens (including phenoxy) is 5. The van der Waals surface area contributed by atoms with Crippen molar-refractivity contribution >= 4 is 5.97 Å². The summed E-state index contributed by atoms with van der Waals surface area (Å²) in [5, 5.41) is 0. The molecule has 0 aliphatic rings. The predicted octanol–water partition coefficient (Wildman–Crippen LogP) is 3.83. The molecule has 0 heterocycles. The molecule has 0 saturated carbocycles. The molecule has 2 rings (SSSR count). The molecular weight excluding hydrogens is 360 g/mol. The van der Waals surface area contributed by atoms with Gasteiger partial charge in [0.1, 0.15) is 0 Å². The minimum atomic E-state index is -0.206. The Morgan fingerprint density at radius 2 is 1.21 bits per heavy atom. The Bertz CT molecular complexity index is 772. The molecule has 2 aromatic carbocycles. The zero-order chi connectivity index (χ0) is 20.4. The van der Waals surface area contributed by atoms with Crippen molar-refractivity contribution in [2.45, 2.75) is 25.7 Å². The zero-order valence-electron chi connectivity index (χ0n) is 16.9. The van der Waals surface area contributed by atoms with Gasteiger partial charge in [0.15, 0.2) is 23.0 Å². The van der Waals surface area contributed by atoms with Gasteiger partial charge in [-0.2, -0.15) is 0 Å². The molecular formula is C22H28O6. The summed E-state index contributed by atoms with van der Waals surface area (Å²) in [7, 11) is 6.41. The maximum absolute atomic E-state index is 12.0. The van der Waals surface area contributed by atoms with Gasteiger partial charge in [-0.25, -0.2) is 0 Å². The van der Waals surface area contributed by atoms with Crippen molar-refractivity contribution in [3.8, 4) is 23.0 Å². The summed E-state index contributed by atoms with van der Waals surface area (Å²) in [6.45, 7) is 0.388. The number of hydrogen-bond acceptors (Lipinski definition) is 6. The summed E-state index contributed by atoms with van der Waals surface area (Å²) in [5.41, 5.74) is 2.11. The normalized spacial score (nSPS) is 10.3. The molecule has 0 unspecified atom stereocenters. The Morgan fingerprint density at radius 3 is 1.71 bits per heavy atom. The Hall–Kier alpha value is -2.89. The molecule has 0 atom stereocenters. The van der Waals surface area contributed by atoms with Crippen molar-refractivity contribution in [3.63, 3.8) is 0 Å². The molecule has 0 radical (unpaired) electrons. The zero-order valence-corrected chi connectivity index (χ0v) is 16.9. The lowest BCUT2D eigenvalue weighted by Crippen LogP contribution is -2.08. The lowest BCUT2D eigenvalue weighted by atomic mass is 10.1. The first-order valence-corrected chi connectivity index (χ1v) is 9.18. The maximum atomic E-state index is 12.0. The fraction of sp³-hybridized carbons (Fsp3) is 0.409. The van der Waals surface area contributed by atoms with E-state index in [1.165, 1.54) is 0 Å². The highest BCUT2D eigenvalue weighted by atomic mass is 16.5. The fourth-order valence-corrected chi connectivity index (χ4v) is 2.85. The molecule has 2 aromatic rings. The van der Waals surface area contributed by atoms with Crippen molar-refractivity contribution in [1.29, 1.82) is 0 Å². The standard InChI is InChI=1S/C22H28O6/c1-24-18-10-7-16(14-20(18)26-3)6-5-13-28-22(23)12-9-17-8-11-19(25-2)21(15-17)27-4/h7-8,10-11,14-15H,5-6,9,12-13H2,1-4H3. The topological polar surface area (TPSA) is 63.2 Å². The summed E-state index contributed by atoms with van der Waals surface area (Å²) in [6.07, 6.45) is 2.46. The van der Waals surface area contributed by atoms with Crippen molar-refractivity contribution in [2.75, 3.05) is 35.0 Å². The van der Waals surface area contributed by atoms with E-state index in [0.29, 0.717) is 42.4 Å². The summed E-state index contributed by atoms with van der Waals surface area (Å²) in [5.74, 6) is 2.52. The minimum absolute atomic E-state index is 0.206. The van der Waals surface area contributed by atoms with Gasteiger partial charge in [-0.15, -0.1) is 0 Å². The van der Waals surface area contributed by atoms with Crippen LogP contribution in [-0.2, 0) is 22.4 Å². The summed E-state index contributed by atoms with van der Waals surface area (Å²) >= 11 is 0. The molecule has 0 fully saturated rings.